The predicted octanol–water partition coefficient (Wildman–Crippen LogP) is 3.38. The van der Waals surface area contributed by atoms with Crippen LogP contribution in [-0.4, -0.2) is 74.2 Å². The number of hydrogen-bond donors (Lipinski definition) is 0. The van der Waals surface area contributed by atoms with Crippen LogP contribution in [-0.2, 0) is 31.4 Å². The van der Waals surface area contributed by atoms with Gasteiger partial charge in [0.25, 0.3) is 0 Å². The van der Waals surface area contributed by atoms with E-state index in [0.717, 1.165) is 23.3 Å². The molecule has 0 aromatic heterocycles. The van der Waals surface area contributed by atoms with Crippen LogP contribution in [0.2, 0.25) is 0 Å². The minimum Gasteiger partial charge on any atom is -0.334 e. The number of amides is 1. The fourth-order valence-electron chi connectivity index (χ4n) is 4.53. The molecule has 2 aromatic rings. The van der Waals surface area contributed by atoms with Crippen LogP contribution in [0.3, 0.4) is 0 Å². The van der Waals surface area contributed by atoms with Crippen LogP contribution < -0.4 is 0 Å². The van der Waals surface area contributed by atoms with Crippen molar-refractivity contribution in [1.82, 2.24) is 13.5 Å². The highest BCUT2D eigenvalue weighted by molar-refractivity contribution is 7.89. The van der Waals surface area contributed by atoms with Gasteiger partial charge in [0.1, 0.15) is 5.82 Å². The molecule has 3 rings (SSSR count). The minimum absolute atomic E-state index is 0.0279. The summed E-state index contributed by atoms with van der Waals surface area (Å²) in [5.74, 6) is -0.892. The summed E-state index contributed by atoms with van der Waals surface area (Å²) in [6, 6.07) is 12.2. The van der Waals surface area contributed by atoms with Crippen LogP contribution in [0.15, 0.2) is 53.4 Å². The van der Waals surface area contributed by atoms with Crippen molar-refractivity contribution in [3.05, 3.63) is 65.5 Å². The van der Waals surface area contributed by atoms with Gasteiger partial charge in [0, 0.05) is 32.2 Å². The van der Waals surface area contributed by atoms with Crippen molar-refractivity contribution >= 4 is 26.0 Å². The topological polar surface area (TPSA) is 95.1 Å². The summed E-state index contributed by atoms with van der Waals surface area (Å²) in [7, 11) is -7.34. The summed E-state index contributed by atoms with van der Waals surface area (Å²) in [5.41, 5.74) is 1.97. The van der Waals surface area contributed by atoms with Gasteiger partial charge in [-0.25, -0.2) is 21.2 Å². The minimum atomic E-state index is -3.79. The van der Waals surface area contributed by atoms with Gasteiger partial charge in [0.15, 0.2) is 0 Å². The van der Waals surface area contributed by atoms with Gasteiger partial charge in [-0.3, -0.25) is 4.79 Å². The molecule has 0 atom stereocenters. The first-order chi connectivity index (χ1) is 17.5. The SMILES string of the molecule is CCCN(CC(=O)N(Cc1ccccc1C)C1CCN(S(=O)(=O)c2ccc(F)cc2)CC1)S(=O)(=O)CC. The van der Waals surface area contributed by atoms with Gasteiger partial charge in [-0.1, -0.05) is 31.2 Å². The first-order valence-corrected chi connectivity index (χ1v) is 15.6. The lowest BCUT2D eigenvalue weighted by Crippen LogP contribution is -2.51. The summed E-state index contributed by atoms with van der Waals surface area (Å²) in [6.45, 7) is 6.11. The third-order valence-electron chi connectivity index (χ3n) is 6.78. The Balaban J connectivity index is 1.81. The first-order valence-electron chi connectivity index (χ1n) is 12.6. The van der Waals surface area contributed by atoms with Gasteiger partial charge >= 0.3 is 0 Å². The molecule has 1 heterocycles. The Morgan fingerprint density at radius 2 is 1.62 bits per heavy atom. The Kier molecular flexibility index (Phi) is 9.85. The molecule has 0 spiro atoms. The lowest BCUT2D eigenvalue weighted by molar-refractivity contribution is -0.135. The molecule has 0 radical (unpaired) electrons. The van der Waals surface area contributed by atoms with Crippen molar-refractivity contribution in [2.45, 2.75) is 57.5 Å². The van der Waals surface area contributed by atoms with Crippen LogP contribution in [0.5, 0.6) is 0 Å². The number of carbonyl (C=O) groups excluding carboxylic acids is 1. The Labute approximate surface area is 220 Å². The van der Waals surface area contributed by atoms with Crippen LogP contribution in [0.4, 0.5) is 4.39 Å². The van der Waals surface area contributed by atoms with Gasteiger partial charge in [0.2, 0.25) is 26.0 Å². The number of benzene rings is 2. The highest BCUT2D eigenvalue weighted by atomic mass is 32.2. The van der Waals surface area contributed by atoms with Crippen LogP contribution in [0.25, 0.3) is 0 Å². The molecule has 0 N–H and O–H groups in total. The second kappa shape index (κ2) is 12.5. The molecular weight excluding hydrogens is 517 g/mol. The van der Waals surface area contributed by atoms with Crippen molar-refractivity contribution < 1.29 is 26.0 Å². The summed E-state index contributed by atoms with van der Waals surface area (Å²) in [4.78, 5) is 15.3. The zero-order chi connectivity index (χ0) is 27.2. The number of nitrogens with zero attached hydrogens (tertiary/aromatic N) is 3. The number of piperidine rings is 1. The summed E-state index contributed by atoms with van der Waals surface area (Å²) in [5, 5.41) is 0. The Morgan fingerprint density at radius 1 is 1.00 bits per heavy atom. The number of rotatable bonds is 11. The van der Waals surface area contributed by atoms with E-state index in [0.29, 0.717) is 25.8 Å². The Morgan fingerprint density at radius 3 is 2.19 bits per heavy atom. The number of sulfonamides is 2. The summed E-state index contributed by atoms with van der Waals surface area (Å²) < 4.78 is 67.2. The van der Waals surface area contributed by atoms with Gasteiger partial charge < -0.3 is 4.90 Å². The maximum absolute atomic E-state index is 13.6. The average Bonchev–Trinajstić information content (AvgIpc) is 2.88. The third-order valence-corrected chi connectivity index (χ3v) is 10.5. The van der Waals surface area contributed by atoms with Crippen molar-refractivity contribution in [3.8, 4) is 0 Å². The maximum Gasteiger partial charge on any atom is 0.243 e. The second-order valence-electron chi connectivity index (χ2n) is 9.27. The molecule has 1 saturated heterocycles. The molecule has 11 heteroatoms. The van der Waals surface area contributed by atoms with Gasteiger partial charge in [-0.2, -0.15) is 8.61 Å². The average molecular weight is 554 g/mol. The summed E-state index contributed by atoms with van der Waals surface area (Å²) in [6.07, 6.45) is 1.41. The van der Waals surface area contributed by atoms with Crippen molar-refractivity contribution in [1.29, 1.82) is 0 Å². The number of hydrogen-bond acceptors (Lipinski definition) is 5. The quantitative estimate of drug-likeness (QED) is 0.425. The van der Waals surface area contributed by atoms with E-state index in [1.54, 1.807) is 11.8 Å². The van der Waals surface area contributed by atoms with E-state index in [-0.39, 0.29) is 48.8 Å². The highest BCUT2D eigenvalue weighted by Crippen LogP contribution is 2.25. The van der Waals surface area contributed by atoms with Gasteiger partial charge in [-0.05, 0) is 68.5 Å². The van der Waals surface area contributed by atoms with Gasteiger partial charge in [-0.15, -0.1) is 0 Å². The van der Waals surface area contributed by atoms with E-state index in [1.165, 1.54) is 20.7 Å². The molecule has 0 unspecified atom stereocenters. The van der Waals surface area contributed by atoms with Crippen LogP contribution in [0, 0.1) is 12.7 Å². The smallest absolute Gasteiger partial charge is 0.243 e. The van der Waals surface area contributed by atoms with E-state index in [9.17, 15) is 26.0 Å². The van der Waals surface area contributed by atoms with E-state index in [2.05, 4.69) is 0 Å². The monoisotopic (exact) mass is 553 g/mol. The van der Waals surface area contributed by atoms with E-state index in [1.807, 2.05) is 38.1 Å². The largest absolute Gasteiger partial charge is 0.334 e. The molecule has 204 valence electrons. The Bertz CT molecular complexity index is 1280. The van der Waals surface area contributed by atoms with Crippen LogP contribution in [0.1, 0.15) is 44.2 Å². The standard InChI is InChI=1S/C26H36FN3O5S2/c1-4-16-29(36(32,33)5-2)20-26(31)30(19-22-9-7-6-8-21(22)3)24-14-17-28(18-15-24)37(34,35)25-12-10-23(27)11-13-25/h6-13,24H,4-5,14-20H2,1-3H3. The fourth-order valence-corrected chi connectivity index (χ4v) is 7.13. The van der Waals surface area contributed by atoms with E-state index in [4.69, 9.17) is 0 Å². The number of carbonyl (C=O) groups is 1. The molecule has 1 aliphatic rings. The molecule has 37 heavy (non-hydrogen) atoms. The predicted molar refractivity (Wildman–Crippen MR) is 141 cm³/mol. The van der Waals surface area contributed by atoms with Crippen molar-refractivity contribution in [3.63, 3.8) is 0 Å². The van der Waals surface area contributed by atoms with E-state index >= 15 is 0 Å². The summed E-state index contributed by atoms with van der Waals surface area (Å²) >= 11 is 0. The maximum atomic E-state index is 13.6. The normalized spacial score (nSPS) is 15.7. The molecule has 2 aromatic carbocycles. The molecule has 8 nitrogen and oxygen atoms in total. The zero-order valence-electron chi connectivity index (χ0n) is 21.6. The number of aryl methyl sites for hydroxylation is 1. The molecule has 1 aliphatic heterocycles. The Hall–Kier alpha value is -2.34. The first kappa shape index (κ1) is 29.2. The van der Waals surface area contributed by atoms with Gasteiger partial charge in [0.05, 0.1) is 17.2 Å². The highest BCUT2D eigenvalue weighted by Gasteiger charge is 2.35. The lowest BCUT2D eigenvalue weighted by Gasteiger charge is -2.39. The molecule has 0 saturated carbocycles. The number of halogens is 1. The van der Waals surface area contributed by atoms with Crippen LogP contribution >= 0.6 is 0 Å². The molecular formula is C26H36FN3O5S2. The molecule has 0 aliphatic carbocycles. The zero-order valence-corrected chi connectivity index (χ0v) is 23.3. The molecule has 1 fully saturated rings. The van der Waals surface area contributed by atoms with Crippen molar-refractivity contribution in [2.24, 2.45) is 0 Å². The second-order valence-corrected chi connectivity index (χ2v) is 13.5. The fraction of sp³-hybridized carbons (Fsp3) is 0.500. The van der Waals surface area contributed by atoms with E-state index < -0.39 is 25.9 Å². The third kappa shape index (κ3) is 7.16. The molecule has 1 amide bonds. The molecule has 0 bridgehead atoms. The lowest BCUT2D eigenvalue weighted by atomic mass is 10.0. The van der Waals surface area contributed by atoms with Crippen molar-refractivity contribution in [2.75, 3.05) is 31.9 Å².